The number of anilines is 1. The van der Waals surface area contributed by atoms with E-state index in [1.807, 2.05) is 0 Å². The highest BCUT2D eigenvalue weighted by Crippen LogP contribution is 2.17. The molecule has 1 fully saturated rings. The van der Waals surface area contributed by atoms with Crippen LogP contribution in [0.4, 0.5) is 10.5 Å². The summed E-state index contributed by atoms with van der Waals surface area (Å²) in [5, 5.41) is 14.5. The number of urea groups is 1. The fourth-order valence-electron chi connectivity index (χ4n) is 2.40. The number of nitrogens with one attached hydrogen (secondary N) is 2. The summed E-state index contributed by atoms with van der Waals surface area (Å²) in [4.78, 5) is 11.9. The van der Waals surface area contributed by atoms with E-state index in [9.17, 15) is 4.79 Å². The number of carbonyl (C=O) groups excluding carboxylic acids is 1. The van der Waals surface area contributed by atoms with Gasteiger partial charge in [-0.05, 0) is 37.1 Å². The smallest absolute Gasteiger partial charge is 0.319 e. The highest BCUT2D eigenvalue weighted by atomic mass is 16.2. The third-order valence-corrected chi connectivity index (χ3v) is 3.46. The summed E-state index contributed by atoms with van der Waals surface area (Å²) in [7, 11) is 0. The SMILES string of the molecule is N#Cc1ccc(NC(=O)NC2CCCCCC2)cc1. The molecule has 2 N–H and O–H groups in total. The zero-order chi connectivity index (χ0) is 13.5. The van der Waals surface area contributed by atoms with Crippen LogP contribution < -0.4 is 10.6 Å². The maximum absolute atomic E-state index is 11.9. The lowest BCUT2D eigenvalue weighted by Gasteiger charge is -2.16. The van der Waals surface area contributed by atoms with E-state index in [0.29, 0.717) is 17.3 Å². The maximum atomic E-state index is 11.9. The lowest BCUT2D eigenvalue weighted by molar-refractivity contribution is 0.247. The van der Waals surface area contributed by atoms with Gasteiger partial charge < -0.3 is 10.6 Å². The molecule has 2 rings (SSSR count). The van der Waals surface area contributed by atoms with E-state index in [4.69, 9.17) is 5.26 Å². The summed E-state index contributed by atoms with van der Waals surface area (Å²) in [5.41, 5.74) is 1.31. The van der Waals surface area contributed by atoms with Crippen LogP contribution in [-0.4, -0.2) is 12.1 Å². The van der Waals surface area contributed by atoms with Crippen molar-refractivity contribution in [1.29, 1.82) is 5.26 Å². The maximum Gasteiger partial charge on any atom is 0.319 e. The second-order valence-electron chi connectivity index (χ2n) is 4.98. The third-order valence-electron chi connectivity index (χ3n) is 3.46. The number of nitriles is 1. The van der Waals surface area contributed by atoms with Crippen molar-refractivity contribution >= 4 is 11.7 Å². The Morgan fingerprint density at radius 3 is 2.32 bits per heavy atom. The molecule has 0 aromatic heterocycles. The zero-order valence-electron chi connectivity index (χ0n) is 11.0. The van der Waals surface area contributed by atoms with Crippen LogP contribution in [0.15, 0.2) is 24.3 Å². The summed E-state index contributed by atoms with van der Waals surface area (Å²) in [5.74, 6) is 0. The monoisotopic (exact) mass is 257 g/mol. The van der Waals surface area contributed by atoms with Crippen LogP contribution in [0.25, 0.3) is 0 Å². The van der Waals surface area contributed by atoms with Crippen LogP contribution in [0.2, 0.25) is 0 Å². The molecule has 0 spiro atoms. The fourth-order valence-corrected chi connectivity index (χ4v) is 2.40. The van der Waals surface area contributed by atoms with Crippen molar-refractivity contribution in [3.8, 4) is 6.07 Å². The fraction of sp³-hybridized carbons (Fsp3) is 0.467. The molecule has 0 heterocycles. The highest BCUT2D eigenvalue weighted by molar-refractivity contribution is 5.89. The van der Waals surface area contributed by atoms with E-state index < -0.39 is 0 Å². The van der Waals surface area contributed by atoms with E-state index in [1.165, 1.54) is 25.7 Å². The van der Waals surface area contributed by atoms with Crippen LogP contribution >= 0.6 is 0 Å². The van der Waals surface area contributed by atoms with Gasteiger partial charge in [-0.2, -0.15) is 5.26 Å². The van der Waals surface area contributed by atoms with E-state index in [-0.39, 0.29) is 6.03 Å². The first kappa shape index (κ1) is 13.4. The minimum absolute atomic E-state index is 0.156. The Kier molecular flexibility index (Phi) is 4.79. The Balaban J connectivity index is 1.84. The predicted octanol–water partition coefficient (Wildman–Crippen LogP) is 3.40. The van der Waals surface area contributed by atoms with E-state index in [2.05, 4.69) is 16.7 Å². The number of amides is 2. The number of nitrogens with zero attached hydrogens (tertiary/aromatic N) is 1. The third kappa shape index (κ3) is 4.29. The Morgan fingerprint density at radius 2 is 1.74 bits per heavy atom. The predicted molar refractivity (Wildman–Crippen MR) is 74.8 cm³/mol. The lowest BCUT2D eigenvalue weighted by Crippen LogP contribution is -2.37. The van der Waals surface area contributed by atoms with Gasteiger partial charge >= 0.3 is 6.03 Å². The molecule has 0 aliphatic heterocycles. The molecule has 0 unspecified atom stereocenters. The van der Waals surface area contributed by atoms with Gasteiger partial charge in [0, 0.05) is 11.7 Å². The van der Waals surface area contributed by atoms with Gasteiger partial charge in [0.25, 0.3) is 0 Å². The van der Waals surface area contributed by atoms with Gasteiger partial charge in [0.2, 0.25) is 0 Å². The van der Waals surface area contributed by atoms with E-state index in [0.717, 1.165) is 12.8 Å². The van der Waals surface area contributed by atoms with Crippen LogP contribution in [0.1, 0.15) is 44.1 Å². The van der Waals surface area contributed by atoms with Gasteiger partial charge in [-0.1, -0.05) is 25.7 Å². The first-order valence-electron chi connectivity index (χ1n) is 6.85. The molecule has 1 aliphatic rings. The normalized spacial score (nSPS) is 16.2. The Hall–Kier alpha value is -2.02. The minimum atomic E-state index is -0.156. The molecular formula is C15H19N3O. The molecule has 0 saturated heterocycles. The van der Waals surface area contributed by atoms with Gasteiger partial charge in [0.05, 0.1) is 11.6 Å². The Morgan fingerprint density at radius 1 is 1.11 bits per heavy atom. The molecule has 100 valence electrons. The summed E-state index contributed by atoms with van der Waals surface area (Å²) >= 11 is 0. The molecule has 1 aliphatic carbocycles. The molecule has 2 amide bonds. The van der Waals surface area contributed by atoms with Crippen molar-refractivity contribution in [2.24, 2.45) is 0 Å². The van der Waals surface area contributed by atoms with Crippen molar-refractivity contribution in [3.05, 3.63) is 29.8 Å². The molecule has 0 atom stereocenters. The molecule has 4 nitrogen and oxygen atoms in total. The molecule has 19 heavy (non-hydrogen) atoms. The minimum Gasteiger partial charge on any atom is -0.335 e. The quantitative estimate of drug-likeness (QED) is 0.797. The molecule has 1 saturated carbocycles. The van der Waals surface area contributed by atoms with Crippen LogP contribution in [0.5, 0.6) is 0 Å². The number of rotatable bonds is 2. The van der Waals surface area contributed by atoms with Crippen molar-refractivity contribution < 1.29 is 4.79 Å². The largest absolute Gasteiger partial charge is 0.335 e. The summed E-state index contributed by atoms with van der Waals surface area (Å²) in [6, 6.07) is 9.06. The molecule has 0 bridgehead atoms. The Labute approximate surface area is 113 Å². The van der Waals surface area contributed by atoms with Crippen LogP contribution in [0.3, 0.4) is 0 Å². The highest BCUT2D eigenvalue weighted by Gasteiger charge is 2.14. The first-order chi connectivity index (χ1) is 9.28. The lowest BCUT2D eigenvalue weighted by atomic mass is 10.1. The second kappa shape index (κ2) is 6.79. The Bertz CT molecular complexity index is 453. The van der Waals surface area contributed by atoms with Crippen molar-refractivity contribution in [2.75, 3.05) is 5.32 Å². The molecular weight excluding hydrogens is 238 g/mol. The van der Waals surface area contributed by atoms with Crippen LogP contribution in [-0.2, 0) is 0 Å². The molecule has 1 aromatic rings. The van der Waals surface area contributed by atoms with Crippen LogP contribution in [0, 0.1) is 11.3 Å². The van der Waals surface area contributed by atoms with Gasteiger partial charge in [0.15, 0.2) is 0 Å². The first-order valence-corrected chi connectivity index (χ1v) is 6.85. The standard InChI is InChI=1S/C15H19N3O/c16-11-12-7-9-14(10-8-12)18-15(19)17-13-5-3-1-2-4-6-13/h7-10,13H,1-6H2,(H2,17,18,19). The van der Waals surface area contributed by atoms with Crippen molar-refractivity contribution in [1.82, 2.24) is 5.32 Å². The summed E-state index contributed by atoms with van der Waals surface area (Å²) in [6.45, 7) is 0. The topological polar surface area (TPSA) is 64.9 Å². The van der Waals surface area contributed by atoms with E-state index >= 15 is 0 Å². The number of hydrogen-bond donors (Lipinski definition) is 2. The molecule has 1 aromatic carbocycles. The second-order valence-corrected chi connectivity index (χ2v) is 4.98. The molecule has 4 heteroatoms. The number of benzene rings is 1. The summed E-state index contributed by atoms with van der Waals surface area (Å²) < 4.78 is 0. The summed E-state index contributed by atoms with van der Waals surface area (Å²) in [6.07, 6.45) is 7.08. The van der Waals surface area contributed by atoms with Crippen molar-refractivity contribution in [3.63, 3.8) is 0 Å². The number of carbonyl (C=O) groups is 1. The van der Waals surface area contributed by atoms with Gasteiger partial charge in [-0.3, -0.25) is 0 Å². The zero-order valence-corrected chi connectivity index (χ0v) is 11.0. The van der Waals surface area contributed by atoms with Gasteiger partial charge in [-0.25, -0.2) is 4.79 Å². The van der Waals surface area contributed by atoms with Gasteiger partial charge in [0.1, 0.15) is 0 Å². The van der Waals surface area contributed by atoms with Gasteiger partial charge in [-0.15, -0.1) is 0 Å². The average Bonchev–Trinajstić information content (AvgIpc) is 2.68. The van der Waals surface area contributed by atoms with E-state index in [1.54, 1.807) is 24.3 Å². The van der Waals surface area contributed by atoms with Crippen molar-refractivity contribution in [2.45, 2.75) is 44.6 Å². The number of hydrogen-bond acceptors (Lipinski definition) is 2. The average molecular weight is 257 g/mol. The molecule has 0 radical (unpaired) electrons.